The number of nitrogens with zero attached hydrogens (tertiary/aromatic N) is 4. The lowest BCUT2D eigenvalue weighted by Gasteiger charge is -2.35. The van der Waals surface area contributed by atoms with Gasteiger partial charge in [0, 0.05) is 112 Å². The molecule has 11 nitrogen and oxygen atoms in total. The van der Waals surface area contributed by atoms with E-state index in [9.17, 15) is 14.4 Å². The predicted molar refractivity (Wildman–Crippen MR) is 360 cm³/mol. The molecule has 0 bridgehead atoms. The average molecular weight is 1210 g/mol. The van der Waals surface area contributed by atoms with Gasteiger partial charge in [0.25, 0.3) is 0 Å². The van der Waals surface area contributed by atoms with Crippen LogP contribution < -0.4 is 10.6 Å². The van der Waals surface area contributed by atoms with Gasteiger partial charge in [-0.2, -0.15) is 0 Å². The molecule has 0 saturated heterocycles. The first-order chi connectivity index (χ1) is 43.4. The van der Waals surface area contributed by atoms with Crippen LogP contribution in [-0.2, 0) is 53.2 Å². The summed E-state index contributed by atoms with van der Waals surface area (Å²) in [5, 5.41) is 7.23. The monoisotopic (exact) mass is 1210 g/mol. The molecule has 2 N–H and O–H groups in total. The van der Waals surface area contributed by atoms with E-state index in [0.29, 0.717) is 29.8 Å². The van der Waals surface area contributed by atoms with Gasteiger partial charge >= 0.3 is 12.2 Å². The molecule has 0 radical (unpaired) electrons. The van der Waals surface area contributed by atoms with Crippen molar-refractivity contribution in [2.24, 2.45) is 16.2 Å². The van der Waals surface area contributed by atoms with Crippen molar-refractivity contribution in [3.63, 3.8) is 0 Å². The van der Waals surface area contributed by atoms with Crippen LogP contribution in [-0.4, -0.2) is 120 Å². The maximum absolute atomic E-state index is 13.3. The lowest BCUT2D eigenvalue weighted by molar-refractivity contribution is -0.112. The number of ether oxygens (including phenoxy) is 2. The van der Waals surface area contributed by atoms with Gasteiger partial charge in [-0.1, -0.05) is 164 Å². The molecule has 6 aromatic carbocycles. The van der Waals surface area contributed by atoms with Crippen molar-refractivity contribution < 1.29 is 23.9 Å². The van der Waals surface area contributed by atoms with Crippen molar-refractivity contribution >= 4 is 18.5 Å². The largest absolute Gasteiger partial charge is 0.444 e. The maximum atomic E-state index is 13.3. The molecule has 11 heteroatoms. The summed E-state index contributed by atoms with van der Waals surface area (Å²) in [7, 11) is 0. The molecule has 2 amide bonds. The number of hydrogen-bond donors (Lipinski definition) is 2. The van der Waals surface area contributed by atoms with Crippen LogP contribution in [0, 0.1) is 16.2 Å². The maximum Gasteiger partial charge on any atom is 0.410 e. The van der Waals surface area contributed by atoms with Crippen LogP contribution in [0.4, 0.5) is 9.59 Å². The van der Waals surface area contributed by atoms with Gasteiger partial charge < -0.3 is 34.7 Å². The van der Waals surface area contributed by atoms with Crippen LogP contribution in [0.1, 0.15) is 167 Å². The zero-order valence-corrected chi connectivity index (χ0v) is 54.7. The highest BCUT2D eigenvalue weighted by Gasteiger charge is 2.54. The van der Waals surface area contributed by atoms with Crippen LogP contribution in [0.3, 0.4) is 0 Å². The molecule has 9 aliphatic rings. The molecule has 6 fully saturated rings. The van der Waals surface area contributed by atoms with Crippen LogP contribution in [0.5, 0.6) is 0 Å². The highest BCUT2D eigenvalue weighted by atomic mass is 16.6. The summed E-state index contributed by atoms with van der Waals surface area (Å²) < 4.78 is 11.4. The van der Waals surface area contributed by atoms with Crippen molar-refractivity contribution in [2.75, 3.05) is 52.4 Å². The summed E-state index contributed by atoms with van der Waals surface area (Å²) in [6, 6.07) is 59.5. The Labute approximate surface area is 537 Å². The van der Waals surface area contributed by atoms with Gasteiger partial charge in [0.1, 0.15) is 17.5 Å². The Morgan fingerprint density at radius 1 is 0.511 bits per heavy atom. The molecule has 6 aromatic rings. The number of rotatable bonds is 17. The van der Waals surface area contributed by atoms with Crippen molar-refractivity contribution in [2.45, 2.75) is 185 Å². The predicted octanol–water partition coefficient (Wildman–Crippen LogP) is 14.7. The molecule has 6 atom stereocenters. The second-order valence-corrected chi connectivity index (χ2v) is 30.2. The van der Waals surface area contributed by atoms with E-state index >= 15 is 0 Å². The van der Waals surface area contributed by atoms with E-state index in [-0.39, 0.29) is 35.1 Å². The van der Waals surface area contributed by atoms with Gasteiger partial charge in [-0.15, -0.1) is 0 Å². The number of benzene rings is 6. The average Bonchev–Trinajstić information content (AvgIpc) is 1.70. The SMILES string of the molecule is CC(C)(C)OC(=O)N(CC1(C=O)CC1)[C@H]1C[C@@H]1c1ccccc1.CC(C)(C)OC(=O)N(CC1(CN2CCc3ccccc3C2)CC1)[C@H]1C[C@@H]1c1ccccc1.c1ccc([C@H]2C[C@@H]2NCC2(CN3CCc4ccccc4C3)CC2)cc1.c1ccc2c(c1)CCNC2. The number of fused-ring (bicyclic) bond motifs is 3. The zero-order valence-electron chi connectivity index (χ0n) is 54.7. The van der Waals surface area contributed by atoms with Gasteiger partial charge in [0.15, 0.2) is 0 Å². The lowest BCUT2D eigenvalue weighted by Crippen LogP contribution is -2.45. The third-order valence-corrected chi connectivity index (χ3v) is 20.4. The third-order valence-electron chi connectivity index (χ3n) is 20.4. The van der Waals surface area contributed by atoms with E-state index in [1.165, 1.54) is 104 Å². The standard InChI is InChI=1S/C28H36N2O2.C23H28N2.C19H25NO3.C9H11N/c1-27(2,3)32-26(31)30(25-17-24(25)22-10-5-4-6-11-22)20-28(14-15-28)19-29-16-13-21-9-7-8-12-23(21)18-29;1-2-7-19(8-3-1)21-14-22(21)24-16-23(11-12-23)17-25-13-10-18-6-4-5-9-20(18)15-25;1-18(2,3)23-17(22)20(12-19(13-21)9-10-19)16-11-15(16)14-7-5-4-6-8-14;1-2-4-9-7-10-6-5-8(9)3-1/h4-12,24-25H,13-20H2,1-3H3;1-9,21-22,24H,10-17H2;4-8,13,15-16H,9-12H2,1-3H3;1-4,10H,5-7H2/t24-,25+;21-,22+;15-,16+;/m111./s1. The van der Waals surface area contributed by atoms with E-state index in [0.717, 1.165) is 90.1 Å². The molecule has 0 spiro atoms. The second-order valence-electron chi connectivity index (χ2n) is 30.2. The fourth-order valence-corrected chi connectivity index (χ4v) is 14.3. The van der Waals surface area contributed by atoms with Crippen molar-refractivity contribution in [1.82, 2.24) is 30.2 Å². The normalized spacial score (nSPS) is 24.1. The third kappa shape index (κ3) is 17.1. The van der Waals surface area contributed by atoms with Crippen LogP contribution in [0.25, 0.3) is 0 Å². The molecule has 0 unspecified atom stereocenters. The topological polar surface area (TPSA) is 107 Å². The Hall–Kier alpha value is -6.63. The first-order valence-corrected chi connectivity index (χ1v) is 34.1. The fraction of sp³-hybridized carbons (Fsp3) is 0.506. The molecule has 3 heterocycles. The summed E-state index contributed by atoms with van der Waals surface area (Å²) in [5.74, 6) is 1.53. The highest BCUT2D eigenvalue weighted by Crippen LogP contribution is 2.53. The Morgan fingerprint density at radius 2 is 0.922 bits per heavy atom. The Balaban J connectivity index is 0.000000123. The Kier molecular flexibility index (Phi) is 19.3. The van der Waals surface area contributed by atoms with Gasteiger partial charge in [-0.3, -0.25) is 9.80 Å². The fourth-order valence-electron chi connectivity index (χ4n) is 14.3. The molecule has 6 aliphatic carbocycles. The minimum absolute atomic E-state index is 0.142. The minimum Gasteiger partial charge on any atom is -0.444 e. The van der Waals surface area contributed by atoms with E-state index in [4.69, 9.17) is 9.47 Å². The minimum atomic E-state index is -0.523. The summed E-state index contributed by atoms with van der Waals surface area (Å²) in [4.78, 5) is 46.4. The lowest BCUT2D eigenvalue weighted by atomic mass is 9.97. The number of carbonyl (C=O) groups is 3. The Bertz CT molecular complexity index is 3340. The van der Waals surface area contributed by atoms with Gasteiger partial charge in [-0.05, 0) is 181 Å². The van der Waals surface area contributed by atoms with E-state index in [1.807, 2.05) is 59.7 Å². The summed E-state index contributed by atoms with van der Waals surface area (Å²) in [6.07, 6.45) is 14.4. The van der Waals surface area contributed by atoms with E-state index < -0.39 is 11.2 Å². The molecule has 15 rings (SSSR count). The number of hydrogen-bond acceptors (Lipinski definition) is 9. The molecular formula is C79H100N6O5. The Morgan fingerprint density at radius 3 is 1.36 bits per heavy atom. The molecule has 90 heavy (non-hydrogen) atoms. The highest BCUT2D eigenvalue weighted by molar-refractivity contribution is 5.72. The number of amides is 2. The molecule has 476 valence electrons. The van der Waals surface area contributed by atoms with E-state index in [1.54, 1.807) is 16.0 Å². The molecular weight excluding hydrogens is 1110 g/mol. The zero-order chi connectivity index (χ0) is 62.5. The first kappa shape index (κ1) is 63.5. The summed E-state index contributed by atoms with van der Waals surface area (Å²) in [6.45, 7) is 23.1. The number of nitrogens with one attached hydrogen (secondary N) is 2. The molecule has 3 aliphatic heterocycles. The summed E-state index contributed by atoms with van der Waals surface area (Å²) in [5.41, 5.74) is 12.6. The smallest absolute Gasteiger partial charge is 0.410 e. The second kappa shape index (κ2) is 27.3. The van der Waals surface area contributed by atoms with Gasteiger partial charge in [0.2, 0.25) is 0 Å². The van der Waals surface area contributed by atoms with Crippen LogP contribution in [0.15, 0.2) is 164 Å². The van der Waals surface area contributed by atoms with Gasteiger partial charge in [0.05, 0.1) is 0 Å². The number of carbonyl (C=O) groups excluding carboxylic acids is 3. The van der Waals surface area contributed by atoms with Crippen LogP contribution >= 0.6 is 0 Å². The quantitative estimate of drug-likeness (QED) is 0.0864. The first-order valence-electron chi connectivity index (χ1n) is 34.1. The molecule has 0 aromatic heterocycles. The van der Waals surface area contributed by atoms with E-state index in [2.05, 4.69) is 171 Å². The van der Waals surface area contributed by atoms with Crippen molar-refractivity contribution in [1.29, 1.82) is 0 Å². The summed E-state index contributed by atoms with van der Waals surface area (Å²) >= 11 is 0. The van der Waals surface area contributed by atoms with Crippen molar-refractivity contribution in [3.05, 3.63) is 214 Å². The van der Waals surface area contributed by atoms with Crippen LogP contribution in [0.2, 0.25) is 0 Å². The van der Waals surface area contributed by atoms with Crippen molar-refractivity contribution in [3.8, 4) is 0 Å². The molecule has 6 saturated carbocycles. The van der Waals surface area contributed by atoms with Gasteiger partial charge in [-0.25, -0.2) is 9.59 Å². The number of aldehydes is 1.